The summed E-state index contributed by atoms with van der Waals surface area (Å²) < 4.78 is 7.28. The average Bonchev–Trinajstić information content (AvgIpc) is 3.54. The molecule has 1 amide bonds. The van der Waals surface area contributed by atoms with Crippen molar-refractivity contribution in [3.05, 3.63) is 59.0 Å². The van der Waals surface area contributed by atoms with Crippen LogP contribution in [0.1, 0.15) is 41.9 Å². The Labute approximate surface area is 177 Å². The lowest BCUT2D eigenvalue weighted by Crippen LogP contribution is -2.41. The highest BCUT2D eigenvalue weighted by Crippen LogP contribution is 2.30. The number of carbonyl (C=O) groups excluding carboxylic acids is 1. The first-order valence-corrected chi connectivity index (χ1v) is 10.7. The first-order valence-electron chi connectivity index (χ1n) is 9.86. The lowest BCUT2D eigenvalue weighted by atomic mass is 10.1. The summed E-state index contributed by atoms with van der Waals surface area (Å²) in [6.07, 6.45) is 0.689. The number of amides is 1. The Morgan fingerprint density at radius 3 is 2.73 bits per heavy atom. The van der Waals surface area contributed by atoms with E-state index in [1.807, 2.05) is 59.0 Å². The van der Waals surface area contributed by atoms with E-state index in [9.17, 15) is 4.79 Å². The zero-order valence-electron chi connectivity index (χ0n) is 16.6. The molecule has 8 nitrogen and oxygen atoms in total. The van der Waals surface area contributed by atoms with Gasteiger partial charge in [0.1, 0.15) is 0 Å². The van der Waals surface area contributed by atoms with Crippen molar-refractivity contribution < 1.29 is 9.32 Å². The van der Waals surface area contributed by atoms with Gasteiger partial charge in [-0.2, -0.15) is 4.98 Å². The molecule has 3 aromatic heterocycles. The van der Waals surface area contributed by atoms with Crippen LogP contribution in [0.5, 0.6) is 0 Å². The summed E-state index contributed by atoms with van der Waals surface area (Å²) in [6.45, 7) is 5.06. The molecule has 0 spiro atoms. The molecule has 1 aliphatic rings. The minimum atomic E-state index is -0.210. The molecule has 0 aliphatic carbocycles. The fourth-order valence-corrected chi connectivity index (χ4v) is 4.43. The summed E-state index contributed by atoms with van der Waals surface area (Å²) in [5.41, 5.74) is 1.78. The summed E-state index contributed by atoms with van der Waals surface area (Å²) in [7, 11) is 0. The van der Waals surface area contributed by atoms with Crippen molar-refractivity contribution in [1.82, 2.24) is 29.8 Å². The second-order valence-electron chi connectivity index (χ2n) is 7.13. The average molecular weight is 420 g/mol. The molecular formula is C21H20N6O2S. The summed E-state index contributed by atoms with van der Waals surface area (Å²) >= 11 is 1.68. The van der Waals surface area contributed by atoms with Gasteiger partial charge in [0.2, 0.25) is 5.82 Å². The third-order valence-electron chi connectivity index (χ3n) is 5.36. The van der Waals surface area contributed by atoms with Crippen LogP contribution in [0.15, 0.2) is 46.3 Å². The van der Waals surface area contributed by atoms with Gasteiger partial charge in [0, 0.05) is 30.0 Å². The Bertz CT molecular complexity index is 1180. The Balaban J connectivity index is 1.38. The molecule has 5 rings (SSSR count). The van der Waals surface area contributed by atoms with Crippen molar-refractivity contribution in [3.63, 3.8) is 0 Å². The van der Waals surface area contributed by atoms with Crippen LogP contribution in [0.25, 0.3) is 22.2 Å². The van der Waals surface area contributed by atoms with Gasteiger partial charge in [-0.3, -0.25) is 4.79 Å². The minimum Gasteiger partial charge on any atom is -0.330 e. The molecule has 0 saturated heterocycles. The molecule has 4 heterocycles. The molecule has 4 aromatic rings. The van der Waals surface area contributed by atoms with Crippen molar-refractivity contribution in [2.45, 2.75) is 32.9 Å². The highest BCUT2D eigenvalue weighted by atomic mass is 32.1. The molecule has 0 saturated carbocycles. The van der Waals surface area contributed by atoms with Crippen LogP contribution in [-0.2, 0) is 13.0 Å². The summed E-state index contributed by atoms with van der Waals surface area (Å²) in [5, 5.41) is 14.6. The van der Waals surface area contributed by atoms with E-state index < -0.39 is 0 Å². The van der Waals surface area contributed by atoms with Crippen molar-refractivity contribution >= 4 is 17.2 Å². The van der Waals surface area contributed by atoms with Crippen LogP contribution in [-0.4, -0.2) is 42.3 Å². The van der Waals surface area contributed by atoms with Crippen molar-refractivity contribution in [3.8, 4) is 22.2 Å². The number of nitrogens with zero attached hydrogens (tertiary/aromatic N) is 6. The van der Waals surface area contributed by atoms with Gasteiger partial charge < -0.3 is 14.0 Å². The topological polar surface area (TPSA) is 89.9 Å². The molecule has 152 valence electrons. The second-order valence-corrected chi connectivity index (χ2v) is 8.08. The van der Waals surface area contributed by atoms with E-state index in [-0.39, 0.29) is 11.9 Å². The Kier molecular flexibility index (Phi) is 4.66. The molecule has 30 heavy (non-hydrogen) atoms. The van der Waals surface area contributed by atoms with Crippen LogP contribution in [0.3, 0.4) is 0 Å². The highest BCUT2D eigenvalue weighted by molar-refractivity contribution is 7.13. The number of aromatic nitrogens is 5. The quantitative estimate of drug-likeness (QED) is 0.498. The molecule has 9 heteroatoms. The molecule has 0 fully saturated rings. The van der Waals surface area contributed by atoms with E-state index in [4.69, 9.17) is 4.52 Å². The number of hydrogen-bond acceptors (Lipinski definition) is 7. The lowest BCUT2D eigenvalue weighted by Gasteiger charge is -2.33. The van der Waals surface area contributed by atoms with Gasteiger partial charge in [0.05, 0.1) is 6.04 Å². The zero-order valence-corrected chi connectivity index (χ0v) is 17.5. The van der Waals surface area contributed by atoms with Crippen molar-refractivity contribution in [2.24, 2.45) is 0 Å². The van der Waals surface area contributed by atoms with E-state index in [0.717, 1.165) is 11.4 Å². The van der Waals surface area contributed by atoms with Crippen LogP contribution >= 0.6 is 11.3 Å². The van der Waals surface area contributed by atoms with Crippen LogP contribution < -0.4 is 0 Å². The molecular weight excluding hydrogens is 400 g/mol. The fourth-order valence-electron chi connectivity index (χ4n) is 3.70. The largest absolute Gasteiger partial charge is 0.330 e. The summed E-state index contributed by atoms with van der Waals surface area (Å²) in [4.78, 5) is 20.5. The minimum absolute atomic E-state index is 0.0120. The Morgan fingerprint density at radius 1 is 1.20 bits per heavy atom. The third-order valence-corrected chi connectivity index (χ3v) is 6.28. The molecule has 1 atom stereocenters. The third kappa shape index (κ3) is 3.11. The standard InChI is InChI=1S/C21H20N6O2S/c1-3-17-22-20(29-25-17)19-24-23-18-13(2)26(10-11-27(18)19)21(28)15-8-6-14(7-9-15)16-5-4-12-30-16/h4-9,12-13H,3,10-11H2,1-2H3. The predicted molar refractivity (Wildman–Crippen MR) is 112 cm³/mol. The smallest absolute Gasteiger partial charge is 0.295 e. The molecule has 1 aromatic carbocycles. The number of hydrogen-bond donors (Lipinski definition) is 0. The summed E-state index contributed by atoms with van der Waals surface area (Å²) in [5.74, 6) is 2.25. The van der Waals surface area contributed by atoms with Crippen molar-refractivity contribution in [2.75, 3.05) is 6.54 Å². The molecule has 0 radical (unpaired) electrons. The number of rotatable bonds is 4. The number of aryl methyl sites for hydroxylation is 1. The Morgan fingerprint density at radius 2 is 2.03 bits per heavy atom. The van der Waals surface area contributed by atoms with Gasteiger partial charge in [-0.05, 0) is 36.1 Å². The molecule has 1 unspecified atom stereocenters. The van der Waals surface area contributed by atoms with Gasteiger partial charge >= 0.3 is 0 Å². The monoisotopic (exact) mass is 420 g/mol. The number of thiophene rings is 1. The van der Waals surface area contributed by atoms with Crippen LogP contribution in [0.2, 0.25) is 0 Å². The maximum atomic E-state index is 13.2. The maximum Gasteiger partial charge on any atom is 0.295 e. The van der Waals surface area contributed by atoms with Gasteiger partial charge in [0.15, 0.2) is 11.6 Å². The second kappa shape index (κ2) is 7.49. The normalized spacial score (nSPS) is 15.9. The van der Waals surface area contributed by atoms with E-state index in [0.29, 0.717) is 42.6 Å². The molecule has 0 N–H and O–H groups in total. The molecule has 1 aliphatic heterocycles. The zero-order chi connectivity index (χ0) is 20.7. The summed E-state index contributed by atoms with van der Waals surface area (Å²) in [6, 6.07) is 11.7. The van der Waals surface area contributed by atoms with E-state index >= 15 is 0 Å². The SMILES string of the molecule is CCc1noc(-c2nnc3n2CCN(C(=O)c2ccc(-c4cccs4)cc2)C3C)n1. The Hall–Kier alpha value is -3.33. The van der Waals surface area contributed by atoms with Crippen molar-refractivity contribution in [1.29, 1.82) is 0 Å². The number of carbonyl (C=O) groups is 1. The van der Waals surface area contributed by atoms with E-state index in [2.05, 4.69) is 26.4 Å². The lowest BCUT2D eigenvalue weighted by molar-refractivity contribution is 0.0638. The first-order chi connectivity index (χ1) is 14.7. The van der Waals surface area contributed by atoms with Gasteiger partial charge in [-0.25, -0.2) is 0 Å². The number of benzene rings is 1. The van der Waals surface area contributed by atoms with Gasteiger partial charge in [0.25, 0.3) is 11.8 Å². The maximum absolute atomic E-state index is 13.2. The van der Waals surface area contributed by atoms with E-state index in [1.54, 1.807) is 11.3 Å². The van der Waals surface area contributed by atoms with Crippen LogP contribution in [0, 0.1) is 0 Å². The fraction of sp³-hybridized carbons (Fsp3) is 0.286. The van der Waals surface area contributed by atoms with Gasteiger partial charge in [-0.1, -0.05) is 30.3 Å². The predicted octanol–water partition coefficient (Wildman–Crippen LogP) is 3.84. The number of fused-ring (bicyclic) bond motifs is 1. The van der Waals surface area contributed by atoms with Gasteiger partial charge in [-0.15, -0.1) is 21.5 Å². The highest BCUT2D eigenvalue weighted by Gasteiger charge is 2.33. The van der Waals surface area contributed by atoms with E-state index in [1.165, 1.54) is 4.88 Å². The molecule has 0 bridgehead atoms. The van der Waals surface area contributed by atoms with Crippen LogP contribution in [0.4, 0.5) is 0 Å². The first kappa shape index (κ1) is 18.7.